The van der Waals surface area contributed by atoms with Crippen molar-refractivity contribution in [2.45, 2.75) is 32.6 Å². The summed E-state index contributed by atoms with van der Waals surface area (Å²) in [4.78, 5) is 4.31. The molecular weight excluding hydrogens is 276 g/mol. The van der Waals surface area contributed by atoms with E-state index < -0.39 is 0 Å². The van der Waals surface area contributed by atoms with Crippen molar-refractivity contribution in [3.05, 3.63) is 48.0 Å². The fraction of sp³-hybridized carbons (Fsp3) is 0.375. The van der Waals surface area contributed by atoms with Crippen LogP contribution in [0.2, 0.25) is 0 Å². The van der Waals surface area contributed by atoms with Crippen LogP contribution in [0.1, 0.15) is 32.3 Å². The summed E-state index contributed by atoms with van der Waals surface area (Å²) in [5.41, 5.74) is 1.73. The Bertz CT molecular complexity index is 757. The van der Waals surface area contributed by atoms with E-state index in [4.69, 9.17) is 0 Å². The van der Waals surface area contributed by atoms with Gasteiger partial charge < -0.3 is 5.32 Å². The van der Waals surface area contributed by atoms with Gasteiger partial charge in [-0.05, 0) is 24.3 Å². The van der Waals surface area contributed by atoms with Crippen molar-refractivity contribution < 1.29 is 0 Å². The predicted octanol–water partition coefficient (Wildman–Crippen LogP) is 2.47. The monoisotopic (exact) mass is 296 g/mol. The van der Waals surface area contributed by atoms with Gasteiger partial charge in [0, 0.05) is 30.3 Å². The fourth-order valence-corrected chi connectivity index (χ4v) is 2.22. The van der Waals surface area contributed by atoms with E-state index in [2.05, 4.69) is 46.4 Å². The Hall–Kier alpha value is -2.50. The van der Waals surface area contributed by atoms with Crippen molar-refractivity contribution in [3.8, 4) is 0 Å². The second-order valence-corrected chi connectivity index (χ2v) is 6.26. The zero-order valence-electron chi connectivity index (χ0n) is 13.1. The lowest BCUT2D eigenvalue weighted by Gasteiger charge is -2.15. The minimum absolute atomic E-state index is 0.0982. The molecule has 114 valence electrons. The quantitative estimate of drug-likeness (QED) is 0.801. The summed E-state index contributed by atoms with van der Waals surface area (Å²) < 4.78 is 1.81. The van der Waals surface area contributed by atoms with Crippen LogP contribution in [-0.4, -0.2) is 31.3 Å². The molecule has 0 bridgehead atoms. The van der Waals surface area contributed by atoms with Crippen molar-refractivity contribution in [1.82, 2.24) is 24.8 Å². The van der Waals surface area contributed by atoms with Gasteiger partial charge in [0.1, 0.15) is 5.82 Å². The number of hydrogen-bond donors (Lipinski definition) is 1. The molecular formula is C16H20N6. The van der Waals surface area contributed by atoms with Gasteiger partial charge in [0.2, 0.25) is 0 Å². The molecule has 0 atom stereocenters. The molecule has 0 unspecified atom stereocenters. The molecule has 0 fully saturated rings. The molecule has 0 saturated carbocycles. The molecule has 1 N–H and O–H groups in total. The van der Waals surface area contributed by atoms with Crippen molar-refractivity contribution in [3.63, 3.8) is 0 Å². The molecule has 0 aliphatic rings. The van der Waals surface area contributed by atoms with E-state index in [0.717, 1.165) is 35.9 Å². The Morgan fingerprint density at radius 2 is 1.95 bits per heavy atom. The second-order valence-electron chi connectivity index (χ2n) is 6.26. The highest BCUT2D eigenvalue weighted by Crippen LogP contribution is 2.20. The third-order valence-corrected chi connectivity index (χ3v) is 3.35. The van der Waals surface area contributed by atoms with E-state index in [1.54, 1.807) is 0 Å². The molecule has 3 heterocycles. The predicted molar refractivity (Wildman–Crippen MR) is 85.9 cm³/mol. The van der Waals surface area contributed by atoms with Crippen LogP contribution in [0.15, 0.2) is 36.5 Å². The van der Waals surface area contributed by atoms with Gasteiger partial charge in [-0.2, -0.15) is 4.52 Å². The molecule has 3 rings (SSSR count). The Labute approximate surface area is 129 Å². The summed E-state index contributed by atoms with van der Waals surface area (Å²) in [5.74, 6) is 1.67. The van der Waals surface area contributed by atoms with Crippen LogP contribution in [-0.2, 0) is 11.8 Å². The van der Waals surface area contributed by atoms with E-state index in [-0.39, 0.29) is 5.41 Å². The largest absolute Gasteiger partial charge is 0.368 e. The van der Waals surface area contributed by atoms with Gasteiger partial charge >= 0.3 is 0 Å². The standard InChI is InChI=1S/C16H20N6/c1-16(2,3)15-20-19-14-8-7-13(21-22(14)15)18-11-9-12-6-4-5-10-17-12/h4-8,10H,9,11H2,1-3H3,(H,18,21). The van der Waals surface area contributed by atoms with Gasteiger partial charge in [0.15, 0.2) is 11.5 Å². The number of hydrogen-bond acceptors (Lipinski definition) is 5. The maximum absolute atomic E-state index is 4.59. The van der Waals surface area contributed by atoms with Crippen LogP contribution in [0, 0.1) is 0 Å². The molecule has 6 nitrogen and oxygen atoms in total. The van der Waals surface area contributed by atoms with E-state index in [1.165, 1.54) is 0 Å². The van der Waals surface area contributed by atoms with E-state index in [1.807, 2.05) is 41.0 Å². The second kappa shape index (κ2) is 5.71. The summed E-state index contributed by atoms with van der Waals surface area (Å²) in [7, 11) is 0. The minimum Gasteiger partial charge on any atom is -0.368 e. The number of nitrogens with one attached hydrogen (secondary N) is 1. The van der Waals surface area contributed by atoms with Gasteiger partial charge in [0.25, 0.3) is 0 Å². The SMILES string of the molecule is CC(C)(C)c1nnc2ccc(NCCc3ccccn3)nn12. The summed E-state index contributed by atoms with van der Waals surface area (Å²) in [5, 5.41) is 16.3. The van der Waals surface area contributed by atoms with Crippen LogP contribution >= 0.6 is 0 Å². The third kappa shape index (κ3) is 3.05. The lowest BCUT2D eigenvalue weighted by Crippen LogP contribution is -2.18. The van der Waals surface area contributed by atoms with Gasteiger partial charge in [-0.1, -0.05) is 26.8 Å². The van der Waals surface area contributed by atoms with Crippen LogP contribution in [0.5, 0.6) is 0 Å². The molecule has 0 aliphatic carbocycles. The molecule has 3 aromatic rings. The topological polar surface area (TPSA) is 68.0 Å². The minimum atomic E-state index is -0.0982. The normalized spacial score (nSPS) is 11.8. The smallest absolute Gasteiger partial charge is 0.178 e. The van der Waals surface area contributed by atoms with E-state index >= 15 is 0 Å². The average Bonchev–Trinajstić information content (AvgIpc) is 2.91. The van der Waals surface area contributed by atoms with E-state index in [0.29, 0.717) is 0 Å². The number of fused-ring (bicyclic) bond motifs is 1. The zero-order valence-corrected chi connectivity index (χ0v) is 13.1. The number of pyridine rings is 1. The molecule has 0 radical (unpaired) electrons. The first-order valence-corrected chi connectivity index (χ1v) is 7.41. The molecule has 0 saturated heterocycles. The number of aromatic nitrogens is 5. The highest BCUT2D eigenvalue weighted by molar-refractivity contribution is 5.44. The first-order chi connectivity index (χ1) is 10.5. The fourth-order valence-electron chi connectivity index (χ4n) is 2.22. The van der Waals surface area contributed by atoms with Gasteiger partial charge in [-0.15, -0.1) is 15.3 Å². The molecule has 22 heavy (non-hydrogen) atoms. The Kier molecular flexibility index (Phi) is 3.75. The van der Waals surface area contributed by atoms with Gasteiger partial charge in [-0.25, -0.2) is 0 Å². The zero-order chi connectivity index (χ0) is 15.6. The lowest BCUT2D eigenvalue weighted by atomic mass is 9.96. The summed E-state index contributed by atoms with van der Waals surface area (Å²) in [6, 6.07) is 9.80. The number of anilines is 1. The molecule has 0 amide bonds. The maximum Gasteiger partial charge on any atom is 0.178 e. The molecule has 6 heteroatoms. The van der Waals surface area contributed by atoms with Crippen molar-refractivity contribution in [2.75, 3.05) is 11.9 Å². The van der Waals surface area contributed by atoms with Crippen LogP contribution in [0.3, 0.4) is 0 Å². The van der Waals surface area contributed by atoms with Crippen LogP contribution in [0.25, 0.3) is 5.65 Å². The molecule has 0 aliphatic heterocycles. The average molecular weight is 296 g/mol. The molecule has 0 spiro atoms. The lowest BCUT2D eigenvalue weighted by molar-refractivity contribution is 0.527. The van der Waals surface area contributed by atoms with Gasteiger partial charge in [0.05, 0.1) is 0 Å². The molecule has 0 aromatic carbocycles. The third-order valence-electron chi connectivity index (χ3n) is 3.35. The Morgan fingerprint density at radius 3 is 2.68 bits per heavy atom. The van der Waals surface area contributed by atoms with Gasteiger partial charge in [-0.3, -0.25) is 4.98 Å². The van der Waals surface area contributed by atoms with Crippen molar-refractivity contribution >= 4 is 11.5 Å². The first-order valence-electron chi connectivity index (χ1n) is 7.41. The van der Waals surface area contributed by atoms with Crippen molar-refractivity contribution in [1.29, 1.82) is 0 Å². The summed E-state index contributed by atoms with van der Waals surface area (Å²) >= 11 is 0. The number of rotatable bonds is 4. The van der Waals surface area contributed by atoms with Crippen LogP contribution < -0.4 is 5.32 Å². The summed E-state index contributed by atoms with van der Waals surface area (Å²) in [6.45, 7) is 7.09. The maximum atomic E-state index is 4.59. The van der Waals surface area contributed by atoms with Crippen molar-refractivity contribution in [2.24, 2.45) is 0 Å². The summed E-state index contributed by atoms with van der Waals surface area (Å²) in [6.07, 6.45) is 2.67. The Balaban J connectivity index is 1.74. The number of nitrogens with zero attached hydrogens (tertiary/aromatic N) is 5. The van der Waals surface area contributed by atoms with E-state index in [9.17, 15) is 0 Å². The van der Waals surface area contributed by atoms with Crippen LogP contribution in [0.4, 0.5) is 5.82 Å². The molecule has 3 aromatic heterocycles. The highest BCUT2D eigenvalue weighted by Gasteiger charge is 2.21. The first kappa shape index (κ1) is 14.4. The highest BCUT2D eigenvalue weighted by atomic mass is 15.4. The Morgan fingerprint density at radius 1 is 1.09 bits per heavy atom.